The quantitative estimate of drug-likeness (QED) is 0.798. The monoisotopic (exact) mass is 227 g/mol. The lowest BCUT2D eigenvalue weighted by Gasteiger charge is -2.30. The smallest absolute Gasteiger partial charge is 0.0553 e. The zero-order chi connectivity index (χ0) is 8.55. The maximum absolute atomic E-state index is 9.10. The van der Waals surface area contributed by atoms with Crippen LogP contribution in [0.1, 0.15) is 24.5 Å². The Morgan fingerprint density at radius 3 is 2.67 bits per heavy atom. The minimum atomic E-state index is -0.0968. The van der Waals surface area contributed by atoms with Crippen LogP contribution in [0.25, 0.3) is 0 Å². The summed E-state index contributed by atoms with van der Waals surface area (Å²) in [6.07, 6.45) is 3.45. The Hall–Kier alpha value is -0.410. The highest BCUT2D eigenvalue weighted by molar-refractivity contribution is 9.10. The lowest BCUT2D eigenvalue weighted by Crippen LogP contribution is -2.26. The van der Waals surface area contributed by atoms with Crippen molar-refractivity contribution in [1.29, 1.82) is 0 Å². The molecule has 1 N–H and O–H groups in total. The van der Waals surface area contributed by atoms with Crippen LogP contribution in [0.4, 0.5) is 0 Å². The fraction of sp³-hybridized carbons (Fsp3) is 0.444. The normalized spacial score (nSPS) is 28.2. The van der Waals surface area contributed by atoms with E-state index in [-0.39, 0.29) is 6.10 Å². The Kier molecular flexibility index (Phi) is 2.15. The topological polar surface area (TPSA) is 33.1 Å². The number of halogens is 1. The van der Waals surface area contributed by atoms with Gasteiger partial charge in [-0.25, -0.2) is 0 Å². The van der Waals surface area contributed by atoms with Gasteiger partial charge in [0.05, 0.1) is 6.10 Å². The number of hydrogen-bond acceptors (Lipinski definition) is 2. The first-order valence-electron chi connectivity index (χ1n) is 4.05. The minimum Gasteiger partial charge on any atom is -0.393 e. The molecule has 0 unspecified atom stereocenters. The Morgan fingerprint density at radius 2 is 2.17 bits per heavy atom. The van der Waals surface area contributed by atoms with Gasteiger partial charge >= 0.3 is 0 Å². The van der Waals surface area contributed by atoms with E-state index in [0.717, 1.165) is 23.0 Å². The molecule has 0 spiro atoms. The van der Waals surface area contributed by atoms with E-state index < -0.39 is 0 Å². The average Bonchev–Trinajstić information content (AvgIpc) is 2.01. The Balaban J connectivity index is 2.09. The molecule has 1 aliphatic rings. The first kappa shape index (κ1) is 8.20. The summed E-state index contributed by atoms with van der Waals surface area (Å²) >= 11 is 3.33. The van der Waals surface area contributed by atoms with Gasteiger partial charge in [-0.15, -0.1) is 0 Å². The second kappa shape index (κ2) is 3.15. The first-order valence-corrected chi connectivity index (χ1v) is 4.84. The molecular weight excluding hydrogens is 218 g/mol. The summed E-state index contributed by atoms with van der Waals surface area (Å²) in [5.41, 5.74) is 1.10. The Labute approximate surface area is 79.8 Å². The minimum absolute atomic E-state index is 0.0968. The van der Waals surface area contributed by atoms with E-state index in [1.54, 1.807) is 6.20 Å². The number of hydrogen-bond donors (Lipinski definition) is 1. The molecule has 1 heterocycles. The van der Waals surface area contributed by atoms with Crippen LogP contribution in [0.5, 0.6) is 0 Å². The van der Waals surface area contributed by atoms with Gasteiger partial charge in [0.1, 0.15) is 0 Å². The Bertz CT molecular complexity index is 266. The molecule has 0 aliphatic heterocycles. The summed E-state index contributed by atoms with van der Waals surface area (Å²) in [6.45, 7) is 0. The van der Waals surface area contributed by atoms with Crippen molar-refractivity contribution in [1.82, 2.24) is 4.98 Å². The van der Waals surface area contributed by atoms with Gasteiger partial charge in [-0.05, 0) is 40.9 Å². The molecule has 0 aromatic carbocycles. The van der Waals surface area contributed by atoms with Crippen LogP contribution in [0.15, 0.2) is 22.8 Å². The third-order valence-electron chi connectivity index (χ3n) is 2.28. The van der Waals surface area contributed by atoms with Crippen LogP contribution in [0.2, 0.25) is 0 Å². The highest BCUT2D eigenvalue weighted by Gasteiger charge is 2.29. The number of aromatic nitrogens is 1. The van der Waals surface area contributed by atoms with Crippen molar-refractivity contribution in [3.63, 3.8) is 0 Å². The molecule has 64 valence electrons. The third kappa shape index (κ3) is 1.52. The standard InChI is InChI=1S/C9H10BrNO/c10-7-1-2-9(11-5-7)6-3-8(12)4-6/h1-2,5-6,8,12H,3-4H2. The van der Waals surface area contributed by atoms with Crippen LogP contribution in [-0.4, -0.2) is 16.2 Å². The molecule has 0 atom stereocenters. The van der Waals surface area contributed by atoms with Crippen LogP contribution in [0.3, 0.4) is 0 Å². The molecule has 1 fully saturated rings. The van der Waals surface area contributed by atoms with E-state index in [2.05, 4.69) is 20.9 Å². The summed E-state index contributed by atoms with van der Waals surface area (Å²) in [5, 5.41) is 9.10. The Morgan fingerprint density at radius 1 is 1.42 bits per heavy atom. The molecule has 1 aromatic rings. The molecule has 0 bridgehead atoms. The molecule has 2 nitrogen and oxygen atoms in total. The van der Waals surface area contributed by atoms with Crippen molar-refractivity contribution in [2.24, 2.45) is 0 Å². The largest absolute Gasteiger partial charge is 0.393 e. The van der Waals surface area contributed by atoms with Crippen LogP contribution in [0, 0.1) is 0 Å². The van der Waals surface area contributed by atoms with E-state index >= 15 is 0 Å². The molecule has 2 rings (SSSR count). The summed E-state index contributed by atoms with van der Waals surface area (Å²) in [4.78, 5) is 4.28. The number of rotatable bonds is 1. The van der Waals surface area contributed by atoms with Crippen molar-refractivity contribution in [3.8, 4) is 0 Å². The van der Waals surface area contributed by atoms with Crippen molar-refractivity contribution in [2.75, 3.05) is 0 Å². The van der Waals surface area contributed by atoms with E-state index in [0.29, 0.717) is 5.92 Å². The van der Waals surface area contributed by atoms with Crippen molar-refractivity contribution in [3.05, 3.63) is 28.5 Å². The fourth-order valence-electron chi connectivity index (χ4n) is 1.46. The van der Waals surface area contributed by atoms with Gasteiger partial charge in [-0.2, -0.15) is 0 Å². The second-order valence-corrected chi connectivity index (χ2v) is 4.14. The molecule has 3 heteroatoms. The number of pyridine rings is 1. The average molecular weight is 228 g/mol. The molecular formula is C9H10BrNO. The molecule has 1 aliphatic carbocycles. The molecule has 0 saturated heterocycles. The lowest BCUT2D eigenvalue weighted by molar-refractivity contribution is 0.0732. The number of nitrogens with zero attached hydrogens (tertiary/aromatic N) is 1. The fourth-order valence-corrected chi connectivity index (χ4v) is 1.69. The number of aliphatic hydroxyl groups is 1. The van der Waals surface area contributed by atoms with Gasteiger partial charge in [0, 0.05) is 22.3 Å². The summed E-state index contributed by atoms with van der Waals surface area (Å²) in [5.74, 6) is 0.480. The van der Waals surface area contributed by atoms with Gasteiger partial charge in [0.2, 0.25) is 0 Å². The summed E-state index contributed by atoms with van der Waals surface area (Å²) in [7, 11) is 0. The summed E-state index contributed by atoms with van der Waals surface area (Å²) < 4.78 is 1.01. The van der Waals surface area contributed by atoms with Crippen molar-refractivity contribution >= 4 is 15.9 Å². The van der Waals surface area contributed by atoms with Crippen LogP contribution >= 0.6 is 15.9 Å². The van der Waals surface area contributed by atoms with Crippen molar-refractivity contribution in [2.45, 2.75) is 24.9 Å². The van der Waals surface area contributed by atoms with Gasteiger partial charge in [-0.1, -0.05) is 0 Å². The van der Waals surface area contributed by atoms with Crippen molar-refractivity contribution < 1.29 is 5.11 Å². The highest BCUT2D eigenvalue weighted by atomic mass is 79.9. The predicted octanol–water partition coefficient (Wildman–Crippen LogP) is 2.08. The van der Waals surface area contributed by atoms with Gasteiger partial charge < -0.3 is 5.11 Å². The van der Waals surface area contributed by atoms with E-state index in [1.165, 1.54) is 0 Å². The zero-order valence-corrected chi connectivity index (χ0v) is 8.16. The molecule has 0 amide bonds. The van der Waals surface area contributed by atoms with E-state index in [1.807, 2.05) is 12.1 Å². The predicted molar refractivity (Wildman–Crippen MR) is 49.9 cm³/mol. The lowest BCUT2D eigenvalue weighted by atomic mass is 9.80. The maximum atomic E-state index is 9.10. The van der Waals surface area contributed by atoms with Gasteiger partial charge in [0.25, 0.3) is 0 Å². The summed E-state index contributed by atoms with van der Waals surface area (Å²) in [6, 6.07) is 4.01. The molecule has 1 saturated carbocycles. The zero-order valence-electron chi connectivity index (χ0n) is 6.57. The number of aliphatic hydroxyl groups excluding tert-OH is 1. The third-order valence-corrected chi connectivity index (χ3v) is 2.75. The second-order valence-electron chi connectivity index (χ2n) is 3.22. The van der Waals surface area contributed by atoms with E-state index in [9.17, 15) is 0 Å². The highest BCUT2D eigenvalue weighted by Crippen LogP contribution is 2.35. The van der Waals surface area contributed by atoms with Gasteiger partial charge in [-0.3, -0.25) is 4.98 Å². The first-order chi connectivity index (χ1) is 5.75. The molecule has 1 aromatic heterocycles. The molecule has 12 heavy (non-hydrogen) atoms. The van der Waals surface area contributed by atoms with Crippen LogP contribution in [-0.2, 0) is 0 Å². The molecule has 0 radical (unpaired) electrons. The van der Waals surface area contributed by atoms with Gasteiger partial charge in [0.15, 0.2) is 0 Å². The van der Waals surface area contributed by atoms with Crippen LogP contribution < -0.4 is 0 Å². The SMILES string of the molecule is OC1CC(c2ccc(Br)cn2)C1. The van der Waals surface area contributed by atoms with E-state index in [4.69, 9.17) is 5.11 Å². The maximum Gasteiger partial charge on any atom is 0.0553 e.